The minimum Gasteiger partial charge on any atom is -0.493 e. The van der Waals surface area contributed by atoms with E-state index >= 15 is 0 Å². The van der Waals surface area contributed by atoms with Crippen molar-refractivity contribution >= 4 is 5.91 Å². The zero-order valence-corrected chi connectivity index (χ0v) is 17.3. The summed E-state index contributed by atoms with van der Waals surface area (Å²) in [5, 5.41) is 4.24. The number of carbonyl (C=O) groups excluding carboxylic acids is 1. The smallest absolute Gasteiger partial charge is 0.257 e. The number of rotatable bonds is 7. The molecule has 0 radical (unpaired) electrons. The van der Waals surface area contributed by atoms with E-state index in [9.17, 15) is 13.6 Å². The molecule has 0 spiro atoms. The van der Waals surface area contributed by atoms with Gasteiger partial charge in [0.2, 0.25) is 0 Å². The van der Waals surface area contributed by atoms with Crippen molar-refractivity contribution < 1.29 is 23.0 Å². The Balaban J connectivity index is 1.93. The second kappa shape index (κ2) is 8.94. The molecule has 0 saturated heterocycles. The van der Waals surface area contributed by atoms with Crippen molar-refractivity contribution in [1.82, 2.24) is 14.7 Å². The molecule has 0 N–H and O–H groups in total. The number of hydrogen-bond acceptors (Lipinski definition) is 4. The number of amides is 1. The number of ether oxygens (including phenoxy) is 2. The molecule has 158 valence electrons. The van der Waals surface area contributed by atoms with Crippen molar-refractivity contribution in [2.75, 3.05) is 20.8 Å². The number of hydrogen-bond donors (Lipinski definition) is 0. The maximum atomic E-state index is 14.3. The fourth-order valence-corrected chi connectivity index (χ4v) is 3.22. The third kappa shape index (κ3) is 4.27. The van der Waals surface area contributed by atoms with Crippen LogP contribution in [0.4, 0.5) is 8.78 Å². The van der Waals surface area contributed by atoms with Gasteiger partial charge in [-0.2, -0.15) is 5.10 Å². The number of methoxy groups -OCH3 is 2. The molecule has 30 heavy (non-hydrogen) atoms. The lowest BCUT2D eigenvalue weighted by atomic mass is 10.1. The number of halogens is 2. The highest BCUT2D eigenvalue weighted by Crippen LogP contribution is 2.29. The van der Waals surface area contributed by atoms with E-state index in [0.29, 0.717) is 24.6 Å². The third-order valence-corrected chi connectivity index (χ3v) is 4.74. The van der Waals surface area contributed by atoms with Crippen LogP contribution in [0.3, 0.4) is 0 Å². The zero-order valence-electron chi connectivity index (χ0n) is 17.3. The van der Waals surface area contributed by atoms with Gasteiger partial charge in [0.05, 0.1) is 19.8 Å². The quantitative estimate of drug-likeness (QED) is 0.584. The number of carbonyl (C=O) groups is 1. The summed E-state index contributed by atoms with van der Waals surface area (Å²) in [6.07, 6.45) is 1.54. The third-order valence-electron chi connectivity index (χ3n) is 4.74. The lowest BCUT2D eigenvalue weighted by molar-refractivity contribution is 0.0753. The predicted octanol–water partition coefficient (Wildman–Crippen LogP) is 4.04. The Morgan fingerprint density at radius 3 is 2.47 bits per heavy atom. The van der Waals surface area contributed by atoms with E-state index < -0.39 is 11.6 Å². The van der Waals surface area contributed by atoms with Crippen LogP contribution in [0.25, 0.3) is 11.3 Å². The molecule has 2 aromatic carbocycles. The first-order chi connectivity index (χ1) is 14.4. The van der Waals surface area contributed by atoms with E-state index in [4.69, 9.17) is 9.47 Å². The molecule has 1 aromatic heterocycles. The average molecular weight is 415 g/mol. The molecule has 0 bridgehead atoms. The summed E-state index contributed by atoms with van der Waals surface area (Å²) in [5.41, 5.74) is 1.33. The maximum absolute atomic E-state index is 14.3. The molecule has 8 heteroatoms. The van der Waals surface area contributed by atoms with Gasteiger partial charge in [-0.05, 0) is 36.8 Å². The highest BCUT2D eigenvalue weighted by atomic mass is 19.1. The number of aromatic nitrogens is 2. The van der Waals surface area contributed by atoms with Crippen LogP contribution in [0.15, 0.2) is 42.6 Å². The second-order valence-corrected chi connectivity index (χ2v) is 6.70. The van der Waals surface area contributed by atoms with Crippen LogP contribution >= 0.6 is 0 Å². The Kier molecular flexibility index (Phi) is 6.34. The first-order valence-electron chi connectivity index (χ1n) is 9.37. The van der Waals surface area contributed by atoms with Gasteiger partial charge in [-0.1, -0.05) is 6.07 Å². The van der Waals surface area contributed by atoms with Crippen LogP contribution in [-0.2, 0) is 13.6 Å². The van der Waals surface area contributed by atoms with Gasteiger partial charge in [0, 0.05) is 38.0 Å². The van der Waals surface area contributed by atoms with E-state index in [1.165, 1.54) is 16.9 Å². The van der Waals surface area contributed by atoms with Gasteiger partial charge in [0.25, 0.3) is 5.91 Å². The molecule has 0 aliphatic rings. The Bertz CT molecular complexity index is 1070. The highest BCUT2D eigenvalue weighted by molar-refractivity contribution is 5.99. The molecule has 0 aliphatic carbocycles. The highest BCUT2D eigenvalue weighted by Gasteiger charge is 2.24. The van der Waals surface area contributed by atoms with Gasteiger partial charge in [-0.15, -0.1) is 0 Å². The summed E-state index contributed by atoms with van der Waals surface area (Å²) in [6.45, 7) is 2.59. The lowest BCUT2D eigenvalue weighted by Crippen LogP contribution is -2.30. The topological polar surface area (TPSA) is 56.6 Å². The van der Waals surface area contributed by atoms with Crippen LogP contribution in [0.2, 0.25) is 0 Å². The van der Waals surface area contributed by atoms with Crippen LogP contribution in [0.1, 0.15) is 22.8 Å². The molecule has 0 fully saturated rings. The molecule has 3 rings (SSSR count). The SMILES string of the molecule is CCN(Cc1ccc(OC)c(OC)c1)C(=O)c1cn(C)nc1-c1ccc(F)cc1F. The lowest BCUT2D eigenvalue weighted by Gasteiger charge is -2.21. The molecular weight excluding hydrogens is 392 g/mol. The average Bonchev–Trinajstić information content (AvgIpc) is 3.12. The number of benzene rings is 2. The minimum absolute atomic E-state index is 0.0718. The van der Waals surface area contributed by atoms with E-state index in [1.54, 1.807) is 38.3 Å². The van der Waals surface area contributed by atoms with Crippen molar-refractivity contribution in [3.05, 3.63) is 65.4 Å². The van der Waals surface area contributed by atoms with Crippen molar-refractivity contribution in [1.29, 1.82) is 0 Å². The molecule has 3 aromatic rings. The fourth-order valence-electron chi connectivity index (χ4n) is 3.22. The van der Waals surface area contributed by atoms with E-state index in [1.807, 2.05) is 13.0 Å². The first kappa shape index (κ1) is 21.3. The van der Waals surface area contributed by atoms with Crippen LogP contribution < -0.4 is 9.47 Å². The summed E-state index contributed by atoms with van der Waals surface area (Å²) in [5.74, 6) is -0.612. The van der Waals surface area contributed by atoms with Crippen molar-refractivity contribution in [2.45, 2.75) is 13.5 Å². The standard InChI is InChI=1S/C22H23F2N3O3/c1-5-27(12-14-6-9-19(29-3)20(10-14)30-4)22(28)17-13-26(2)25-21(17)16-8-7-15(23)11-18(16)24/h6-11,13H,5,12H2,1-4H3. The van der Waals surface area contributed by atoms with Gasteiger partial charge in [-0.25, -0.2) is 8.78 Å². The molecule has 1 amide bonds. The van der Waals surface area contributed by atoms with Crippen molar-refractivity contribution in [3.8, 4) is 22.8 Å². The molecular formula is C22H23F2N3O3. The molecule has 0 unspecified atom stereocenters. The fraction of sp³-hybridized carbons (Fsp3) is 0.273. The second-order valence-electron chi connectivity index (χ2n) is 6.70. The van der Waals surface area contributed by atoms with Gasteiger partial charge >= 0.3 is 0 Å². The largest absolute Gasteiger partial charge is 0.493 e. The Morgan fingerprint density at radius 2 is 1.83 bits per heavy atom. The first-order valence-corrected chi connectivity index (χ1v) is 9.37. The number of nitrogens with zero attached hydrogens (tertiary/aromatic N) is 3. The van der Waals surface area contributed by atoms with Gasteiger partial charge in [-0.3, -0.25) is 9.48 Å². The summed E-state index contributed by atoms with van der Waals surface area (Å²) in [7, 11) is 4.74. The molecule has 0 saturated carbocycles. The summed E-state index contributed by atoms with van der Waals surface area (Å²) in [4.78, 5) is 14.9. The zero-order chi connectivity index (χ0) is 21.8. The molecule has 1 heterocycles. The van der Waals surface area contributed by atoms with Crippen molar-refractivity contribution in [2.24, 2.45) is 7.05 Å². The van der Waals surface area contributed by atoms with E-state index in [-0.39, 0.29) is 22.7 Å². The summed E-state index contributed by atoms with van der Waals surface area (Å²) >= 11 is 0. The summed E-state index contributed by atoms with van der Waals surface area (Å²) < 4.78 is 39.7. The van der Waals surface area contributed by atoms with E-state index in [2.05, 4.69) is 5.10 Å². The Labute approximate surface area is 173 Å². The van der Waals surface area contributed by atoms with Crippen LogP contribution in [0, 0.1) is 11.6 Å². The van der Waals surface area contributed by atoms with E-state index in [0.717, 1.165) is 17.7 Å². The molecule has 0 atom stereocenters. The van der Waals surface area contributed by atoms with Crippen LogP contribution in [-0.4, -0.2) is 41.4 Å². The predicted molar refractivity (Wildman–Crippen MR) is 109 cm³/mol. The normalized spacial score (nSPS) is 10.7. The maximum Gasteiger partial charge on any atom is 0.257 e. The van der Waals surface area contributed by atoms with Gasteiger partial charge in [0.15, 0.2) is 11.5 Å². The summed E-state index contributed by atoms with van der Waals surface area (Å²) in [6, 6.07) is 8.63. The molecule has 6 nitrogen and oxygen atoms in total. The number of aryl methyl sites for hydroxylation is 1. The Hall–Kier alpha value is -3.42. The van der Waals surface area contributed by atoms with Gasteiger partial charge < -0.3 is 14.4 Å². The Morgan fingerprint density at radius 1 is 1.10 bits per heavy atom. The molecule has 0 aliphatic heterocycles. The van der Waals surface area contributed by atoms with Crippen molar-refractivity contribution in [3.63, 3.8) is 0 Å². The minimum atomic E-state index is -0.773. The monoisotopic (exact) mass is 415 g/mol. The van der Waals surface area contributed by atoms with Crippen LogP contribution in [0.5, 0.6) is 11.5 Å². The van der Waals surface area contributed by atoms with Gasteiger partial charge in [0.1, 0.15) is 17.3 Å².